The number of aromatic carboxylic acids is 1. The van der Waals surface area contributed by atoms with Gasteiger partial charge in [0, 0.05) is 0 Å². The number of halogens is 3. The summed E-state index contributed by atoms with van der Waals surface area (Å²) in [4.78, 5) is 20.6. The van der Waals surface area contributed by atoms with Crippen LogP contribution in [0.4, 0.5) is 10.2 Å². The Morgan fingerprint density at radius 3 is 2.74 bits per heavy atom. The van der Waals surface area contributed by atoms with Crippen molar-refractivity contribution >= 4 is 45.4 Å². The summed E-state index contributed by atoms with van der Waals surface area (Å²) in [5, 5.41) is 9.34. The Balaban J connectivity index is 2.73. The van der Waals surface area contributed by atoms with Crippen molar-refractivity contribution in [1.29, 1.82) is 0 Å². The van der Waals surface area contributed by atoms with Crippen LogP contribution in [0.25, 0.3) is 17.5 Å². The van der Waals surface area contributed by atoms with Crippen molar-refractivity contribution in [3.05, 3.63) is 39.2 Å². The van der Waals surface area contributed by atoms with E-state index >= 15 is 0 Å². The number of carboxylic acids is 1. The van der Waals surface area contributed by atoms with Gasteiger partial charge >= 0.3 is 5.97 Å². The van der Waals surface area contributed by atoms with Crippen molar-refractivity contribution in [3.63, 3.8) is 0 Å². The molecule has 0 unspecified atom stereocenters. The van der Waals surface area contributed by atoms with Gasteiger partial charge in [0.1, 0.15) is 5.82 Å². The molecule has 120 valence electrons. The molecule has 0 bridgehead atoms. The summed E-state index contributed by atoms with van der Waals surface area (Å²) in [5.74, 6) is -2.59. The highest BCUT2D eigenvalue weighted by molar-refractivity contribution is 9.11. The van der Waals surface area contributed by atoms with E-state index in [4.69, 9.17) is 22.1 Å². The lowest BCUT2D eigenvalue weighted by molar-refractivity contribution is 0.0690. The van der Waals surface area contributed by atoms with Crippen LogP contribution < -0.4 is 10.5 Å². The van der Waals surface area contributed by atoms with E-state index in [-0.39, 0.29) is 39.2 Å². The monoisotopic (exact) mass is 401 g/mol. The van der Waals surface area contributed by atoms with Crippen molar-refractivity contribution in [2.75, 3.05) is 12.8 Å². The zero-order valence-electron chi connectivity index (χ0n) is 11.7. The van der Waals surface area contributed by atoms with Gasteiger partial charge in [0.15, 0.2) is 23.1 Å². The van der Waals surface area contributed by atoms with Gasteiger partial charge in [-0.2, -0.15) is 0 Å². The quantitative estimate of drug-likeness (QED) is 0.811. The molecule has 0 atom stereocenters. The fraction of sp³-hybridized carbons (Fsp3) is 0.0714. The van der Waals surface area contributed by atoms with E-state index in [1.807, 2.05) is 0 Å². The number of methoxy groups -OCH3 is 1. The van der Waals surface area contributed by atoms with Gasteiger partial charge in [-0.1, -0.05) is 27.5 Å². The summed E-state index contributed by atoms with van der Waals surface area (Å²) in [5.41, 5.74) is 5.45. The molecule has 0 radical (unpaired) electrons. The predicted octanol–water partition coefficient (Wildman–Crippen LogP) is 3.59. The number of nitrogens with two attached hydrogens (primary N) is 1. The molecule has 0 saturated carbocycles. The van der Waals surface area contributed by atoms with Crippen molar-refractivity contribution in [1.82, 2.24) is 9.97 Å². The van der Waals surface area contributed by atoms with Gasteiger partial charge in [-0.3, -0.25) is 0 Å². The van der Waals surface area contributed by atoms with Crippen LogP contribution in [0.5, 0.6) is 5.75 Å². The Kier molecular flexibility index (Phi) is 5.17. The van der Waals surface area contributed by atoms with Crippen molar-refractivity contribution in [2.24, 2.45) is 0 Å². The van der Waals surface area contributed by atoms with E-state index in [0.717, 1.165) is 0 Å². The van der Waals surface area contributed by atoms with Gasteiger partial charge in [0.25, 0.3) is 0 Å². The Labute approximate surface area is 143 Å². The number of carboxylic acid groups (broad SMARTS) is 1. The van der Waals surface area contributed by atoms with Gasteiger partial charge in [-0.25, -0.2) is 19.2 Å². The summed E-state index contributed by atoms with van der Waals surface area (Å²) in [7, 11) is 1.26. The van der Waals surface area contributed by atoms with E-state index in [9.17, 15) is 14.3 Å². The van der Waals surface area contributed by atoms with Crippen LogP contribution in [0, 0.1) is 5.82 Å². The van der Waals surface area contributed by atoms with Crippen LogP contribution in [-0.4, -0.2) is 28.2 Å². The number of benzene rings is 1. The standard InChI is InChI=1S/C14H10BrClFN3O3/c1-23-11-8(16)3-2-6(9(11)17)13-19-10(14(21)22)7(4-5-15)12(18)20-13/h2-5H,1H3,(H,21,22)(H2,18,19,20). The SMILES string of the molecule is COc1c(Cl)ccc(-c2nc(N)c(C=CBr)c(C(=O)O)n2)c1F. The molecule has 6 nitrogen and oxygen atoms in total. The number of carbonyl (C=O) groups is 1. The Bertz CT molecular complexity index is 814. The number of anilines is 1. The smallest absolute Gasteiger partial charge is 0.355 e. The van der Waals surface area contributed by atoms with Crippen molar-refractivity contribution < 1.29 is 19.0 Å². The second-order valence-electron chi connectivity index (χ2n) is 4.23. The third-order valence-electron chi connectivity index (χ3n) is 2.90. The van der Waals surface area contributed by atoms with Crippen LogP contribution in [0.15, 0.2) is 17.1 Å². The number of nitrogen functional groups attached to an aromatic ring is 1. The molecular formula is C14H10BrClFN3O3. The molecule has 9 heteroatoms. The maximum absolute atomic E-state index is 14.4. The van der Waals surface area contributed by atoms with Crippen LogP contribution in [0.3, 0.4) is 0 Å². The molecule has 0 saturated heterocycles. The summed E-state index contributed by atoms with van der Waals surface area (Å²) in [6, 6.07) is 2.71. The highest BCUT2D eigenvalue weighted by Gasteiger charge is 2.21. The molecule has 0 aliphatic heterocycles. The molecule has 23 heavy (non-hydrogen) atoms. The van der Waals surface area contributed by atoms with E-state index in [1.165, 1.54) is 30.3 Å². The number of aromatic nitrogens is 2. The molecule has 0 fully saturated rings. The Morgan fingerprint density at radius 1 is 1.48 bits per heavy atom. The first-order chi connectivity index (χ1) is 10.9. The van der Waals surface area contributed by atoms with Crippen molar-refractivity contribution in [3.8, 4) is 17.1 Å². The molecule has 2 aromatic rings. The second kappa shape index (κ2) is 6.93. The first-order valence-electron chi connectivity index (χ1n) is 6.10. The highest BCUT2D eigenvalue weighted by atomic mass is 79.9. The first kappa shape index (κ1) is 17.2. The number of rotatable bonds is 4. The minimum Gasteiger partial charge on any atom is -0.492 e. The predicted molar refractivity (Wildman–Crippen MR) is 88.3 cm³/mol. The van der Waals surface area contributed by atoms with Gasteiger partial charge in [0.2, 0.25) is 0 Å². The third kappa shape index (κ3) is 3.27. The summed E-state index contributed by atoms with van der Waals surface area (Å²) >= 11 is 8.86. The Hall–Kier alpha value is -2.19. The molecule has 3 N–H and O–H groups in total. The minimum atomic E-state index is -1.32. The maximum atomic E-state index is 14.4. The van der Waals surface area contributed by atoms with Gasteiger partial charge < -0.3 is 15.6 Å². The fourth-order valence-corrected chi connectivity index (χ4v) is 2.38. The largest absolute Gasteiger partial charge is 0.492 e. The molecular weight excluding hydrogens is 393 g/mol. The molecule has 1 heterocycles. The molecule has 1 aromatic carbocycles. The number of hydrogen-bond donors (Lipinski definition) is 2. The van der Waals surface area contributed by atoms with E-state index < -0.39 is 11.8 Å². The zero-order chi connectivity index (χ0) is 17.1. The molecule has 0 amide bonds. The lowest BCUT2D eigenvalue weighted by Gasteiger charge is -2.11. The summed E-state index contributed by atoms with van der Waals surface area (Å²) in [6.07, 6.45) is 1.39. The Morgan fingerprint density at radius 2 is 2.17 bits per heavy atom. The molecule has 0 aliphatic carbocycles. The molecule has 2 rings (SSSR count). The van der Waals surface area contributed by atoms with Crippen LogP contribution in [0.1, 0.15) is 16.1 Å². The lowest BCUT2D eigenvalue weighted by atomic mass is 10.1. The molecule has 1 aromatic heterocycles. The second-order valence-corrected chi connectivity index (χ2v) is 5.17. The van der Waals surface area contributed by atoms with Crippen molar-refractivity contribution in [2.45, 2.75) is 0 Å². The van der Waals surface area contributed by atoms with E-state index in [0.29, 0.717) is 0 Å². The normalized spacial score (nSPS) is 11.0. The van der Waals surface area contributed by atoms with Gasteiger partial charge in [-0.05, 0) is 23.2 Å². The van der Waals surface area contributed by atoms with Crippen LogP contribution in [-0.2, 0) is 0 Å². The fourth-order valence-electron chi connectivity index (χ4n) is 1.89. The van der Waals surface area contributed by atoms with Crippen LogP contribution in [0.2, 0.25) is 5.02 Å². The first-order valence-corrected chi connectivity index (χ1v) is 7.40. The van der Waals surface area contributed by atoms with Gasteiger partial charge in [-0.15, -0.1) is 0 Å². The number of hydrogen-bond acceptors (Lipinski definition) is 5. The zero-order valence-corrected chi connectivity index (χ0v) is 14.0. The molecule has 0 aliphatic rings. The van der Waals surface area contributed by atoms with Gasteiger partial charge in [0.05, 0.1) is 23.3 Å². The topological polar surface area (TPSA) is 98.3 Å². The lowest BCUT2D eigenvalue weighted by Crippen LogP contribution is -2.10. The average Bonchev–Trinajstić information content (AvgIpc) is 2.49. The van der Waals surface area contributed by atoms with E-state index in [1.54, 1.807) is 0 Å². The van der Waals surface area contributed by atoms with Crippen LogP contribution >= 0.6 is 27.5 Å². The average molecular weight is 403 g/mol. The summed E-state index contributed by atoms with van der Waals surface area (Å²) in [6.45, 7) is 0. The molecule has 0 spiro atoms. The van der Waals surface area contributed by atoms with E-state index in [2.05, 4.69) is 25.9 Å². The summed E-state index contributed by atoms with van der Waals surface area (Å²) < 4.78 is 19.3. The number of ether oxygens (including phenoxy) is 1. The maximum Gasteiger partial charge on any atom is 0.355 e. The minimum absolute atomic E-state index is 0.0685. The third-order valence-corrected chi connectivity index (χ3v) is 3.46. The number of nitrogens with zero attached hydrogens (tertiary/aromatic N) is 2. The highest BCUT2D eigenvalue weighted by Crippen LogP contribution is 2.34.